The fourth-order valence-electron chi connectivity index (χ4n) is 4.44. The van der Waals surface area contributed by atoms with Crippen molar-refractivity contribution >= 4 is 38.8 Å². The molecule has 40 heavy (non-hydrogen) atoms. The van der Waals surface area contributed by atoms with Crippen molar-refractivity contribution in [1.82, 2.24) is 5.43 Å². The van der Waals surface area contributed by atoms with Crippen LogP contribution in [0.5, 0.6) is 11.5 Å². The lowest BCUT2D eigenvalue weighted by Gasteiger charge is -2.27. The second-order valence-electron chi connectivity index (χ2n) is 9.14. The first-order chi connectivity index (χ1) is 19.5. The lowest BCUT2D eigenvalue weighted by molar-refractivity contribution is -0.136. The number of hydrazone groups is 1. The zero-order valence-corrected chi connectivity index (χ0v) is 23.3. The molecule has 0 spiro atoms. The molecule has 0 aliphatic carbocycles. The first-order valence-corrected chi connectivity index (χ1v) is 13.4. The number of rotatable bonds is 9. The fourth-order valence-corrected chi connectivity index (χ4v) is 4.87. The third-order valence-electron chi connectivity index (χ3n) is 6.57. The molecule has 0 saturated carbocycles. The maximum atomic E-state index is 13.3. The topological polar surface area (TPSA) is 80.2 Å². The molecular weight excluding hydrogens is 568 g/mol. The average molecular weight is 595 g/mol. The SMILES string of the molecule is COc1cc(/C=N\NC(=O)C(O)(c2ccccc2)c2ccccc2)c(Br)cc1OCc1ccc2ccccc2c1. The Bertz CT molecular complexity index is 1620. The molecule has 0 fully saturated rings. The normalized spacial score (nSPS) is 11.5. The van der Waals surface area contributed by atoms with Gasteiger partial charge in [0, 0.05) is 10.0 Å². The third-order valence-corrected chi connectivity index (χ3v) is 7.26. The molecule has 5 aromatic carbocycles. The Balaban J connectivity index is 1.32. The number of carbonyl (C=O) groups is 1. The number of methoxy groups -OCH3 is 1. The van der Waals surface area contributed by atoms with Gasteiger partial charge < -0.3 is 14.6 Å². The number of carbonyl (C=O) groups excluding carboxylic acids is 1. The van der Waals surface area contributed by atoms with E-state index in [1.54, 1.807) is 67.8 Å². The van der Waals surface area contributed by atoms with Gasteiger partial charge in [-0.25, -0.2) is 5.43 Å². The Morgan fingerprint density at radius 3 is 2.12 bits per heavy atom. The highest BCUT2D eigenvalue weighted by Gasteiger charge is 2.39. The lowest BCUT2D eigenvalue weighted by Crippen LogP contribution is -2.43. The number of ether oxygens (including phenoxy) is 2. The van der Waals surface area contributed by atoms with Gasteiger partial charge in [0.15, 0.2) is 17.1 Å². The minimum Gasteiger partial charge on any atom is -0.493 e. The number of aliphatic hydroxyl groups is 1. The highest BCUT2D eigenvalue weighted by molar-refractivity contribution is 9.10. The van der Waals surface area contributed by atoms with Crippen molar-refractivity contribution < 1.29 is 19.4 Å². The summed E-state index contributed by atoms with van der Waals surface area (Å²) in [6.07, 6.45) is 1.48. The van der Waals surface area contributed by atoms with Gasteiger partial charge in [-0.3, -0.25) is 4.79 Å². The lowest BCUT2D eigenvalue weighted by atomic mass is 9.85. The summed E-state index contributed by atoms with van der Waals surface area (Å²) in [6.45, 7) is 0.370. The first kappa shape index (κ1) is 27.1. The van der Waals surface area contributed by atoms with E-state index in [0.717, 1.165) is 10.9 Å². The number of benzene rings is 5. The molecule has 6 nitrogen and oxygen atoms in total. The van der Waals surface area contributed by atoms with Crippen LogP contribution in [0.2, 0.25) is 0 Å². The number of amides is 1. The van der Waals surface area contributed by atoms with Crippen molar-refractivity contribution in [2.24, 2.45) is 5.10 Å². The van der Waals surface area contributed by atoms with Crippen molar-refractivity contribution in [2.75, 3.05) is 7.11 Å². The number of nitrogens with one attached hydrogen (secondary N) is 1. The van der Waals surface area contributed by atoms with Gasteiger partial charge in [-0.1, -0.05) is 97.1 Å². The molecule has 1 amide bonds. The quantitative estimate of drug-likeness (QED) is 0.149. The molecule has 0 radical (unpaired) electrons. The monoisotopic (exact) mass is 594 g/mol. The Labute approximate surface area is 241 Å². The number of fused-ring (bicyclic) bond motifs is 1. The van der Waals surface area contributed by atoms with Crippen LogP contribution >= 0.6 is 15.9 Å². The number of hydrogen-bond donors (Lipinski definition) is 2. The molecule has 5 rings (SSSR count). The minimum atomic E-state index is -1.92. The zero-order valence-electron chi connectivity index (χ0n) is 21.8. The summed E-state index contributed by atoms with van der Waals surface area (Å²) in [4.78, 5) is 13.3. The molecule has 5 aromatic rings. The maximum absolute atomic E-state index is 13.3. The van der Waals surface area contributed by atoms with Crippen LogP contribution in [0.3, 0.4) is 0 Å². The van der Waals surface area contributed by atoms with E-state index in [0.29, 0.717) is 39.3 Å². The standard InChI is InChI=1S/C33H27BrN2O4/c1-39-30-19-26(29(34)20-31(30)40-22-23-16-17-24-10-8-9-11-25(24)18-23)21-35-36-32(37)33(38,27-12-4-2-5-13-27)28-14-6-3-7-15-28/h2-21,38H,22H2,1H3,(H,36,37)/b35-21-. The Morgan fingerprint density at radius 2 is 1.48 bits per heavy atom. The molecule has 0 atom stereocenters. The molecule has 0 aliphatic rings. The number of nitrogens with zero attached hydrogens (tertiary/aromatic N) is 1. The largest absolute Gasteiger partial charge is 0.493 e. The number of halogens is 1. The van der Waals surface area contributed by atoms with Gasteiger partial charge >= 0.3 is 0 Å². The van der Waals surface area contributed by atoms with E-state index in [4.69, 9.17) is 9.47 Å². The summed E-state index contributed by atoms with van der Waals surface area (Å²) in [5.74, 6) is 0.396. The highest BCUT2D eigenvalue weighted by atomic mass is 79.9. The van der Waals surface area contributed by atoms with Crippen molar-refractivity contribution in [3.63, 3.8) is 0 Å². The van der Waals surface area contributed by atoms with E-state index in [1.807, 2.05) is 30.3 Å². The van der Waals surface area contributed by atoms with Gasteiger partial charge in [0.2, 0.25) is 0 Å². The molecule has 2 N–H and O–H groups in total. The summed E-state index contributed by atoms with van der Waals surface area (Å²) in [5, 5.41) is 18.0. The van der Waals surface area contributed by atoms with E-state index >= 15 is 0 Å². The van der Waals surface area contributed by atoms with E-state index in [-0.39, 0.29) is 0 Å². The Hall–Kier alpha value is -4.46. The van der Waals surface area contributed by atoms with Gasteiger partial charge in [0.25, 0.3) is 5.91 Å². The number of hydrogen-bond acceptors (Lipinski definition) is 5. The smallest absolute Gasteiger partial charge is 0.281 e. The summed E-state index contributed by atoms with van der Waals surface area (Å²) in [5.41, 5.74) is 3.13. The highest BCUT2D eigenvalue weighted by Crippen LogP contribution is 2.34. The molecule has 0 bridgehead atoms. The molecular formula is C33H27BrN2O4. The van der Waals surface area contributed by atoms with Crippen molar-refractivity contribution in [2.45, 2.75) is 12.2 Å². The molecule has 0 unspecified atom stereocenters. The summed E-state index contributed by atoms with van der Waals surface area (Å²) in [7, 11) is 1.56. The van der Waals surface area contributed by atoms with Crippen LogP contribution in [0, 0.1) is 0 Å². The van der Waals surface area contributed by atoms with Gasteiger partial charge in [0.1, 0.15) is 6.61 Å². The second kappa shape index (κ2) is 12.2. The van der Waals surface area contributed by atoms with Gasteiger partial charge in [-0.05, 0) is 61.6 Å². The Kier molecular flexibility index (Phi) is 8.24. The van der Waals surface area contributed by atoms with Crippen LogP contribution < -0.4 is 14.9 Å². The molecule has 0 heterocycles. The molecule has 7 heteroatoms. The summed E-state index contributed by atoms with van der Waals surface area (Å²) < 4.78 is 12.3. The Morgan fingerprint density at radius 1 is 0.850 bits per heavy atom. The minimum absolute atomic E-state index is 0.370. The van der Waals surface area contributed by atoms with Crippen LogP contribution in [0.25, 0.3) is 10.8 Å². The zero-order chi connectivity index (χ0) is 28.0. The third kappa shape index (κ3) is 5.76. The van der Waals surface area contributed by atoms with Crippen molar-refractivity contribution in [3.8, 4) is 11.5 Å². The van der Waals surface area contributed by atoms with Gasteiger partial charge in [-0.2, -0.15) is 5.10 Å². The van der Waals surface area contributed by atoms with Crippen LogP contribution in [0.15, 0.2) is 125 Å². The maximum Gasteiger partial charge on any atom is 0.281 e. The van der Waals surface area contributed by atoms with Crippen LogP contribution in [-0.2, 0) is 17.0 Å². The van der Waals surface area contributed by atoms with Crippen molar-refractivity contribution in [1.29, 1.82) is 0 Å². The molecule has 0 aromatic heterocycles. The van der Waals surface area contributed by atoms with Crippen LogP contribution in [0.4, 0.5) is 0 Å². The first-order valence-electron chi connectivity index (χ1n) is 12.6. The fraction of sp³-hybridized carbons (Fsp3) is 0.0909. The average Bonchev–Trinajstić information content (AvgIpc) is 3.01. The van der Waals surface area contributed by atoms with Gasteiger partial charge in [-0.15, -0.1) is 0 Å². The van der Waals surface area contributed by atoms with E-state index in [2.05, 4.69) is 50.7 Å². The van der Waals surface area contributed by atoms with E-state index in [9.17, 15) is 9.90 Å². The second-order valence-corrected chi connectivity index (χ2v) is 9.99. The van der Waals surface area contributed by atoms with Crippen LogP contribution in [-0.4, -0.2) is 24.3 Å². The van der Waals surface area contributed by atoms with Crippen LogP contribution in [0.1, 0.15) is 22.3 Å². The van der Waals surface area contributed by atoms with Crippen molar-refractivity contribution in [3.05, 3.63) is 142 Å². The molecule has 0 aliphatic heterocycles. The predicted molar refractivity (Wildman–Crippen MR) is 161 cm³/mol. The molecule has 200 valence electrons. The predicted octanol–water partition coefficient (Wildman–Crippen LogP) is 6.58. The molecule has 0 saturated heterocycles. The summed E-state index contributed by atoms with van der Waals surface area (Å²) in [6, 6.07) is 35.5. The summed E-state index contributed by atoms with van der Waals surface area (Å²) >= 11 is 3.56. The van der Waals surface area contributed by atoms with E-state index < -0.39 is 11.5 Å². The van der Waals surface area contributed by atoms with Gasteiger partial charge in [0.05, 0.1) is 13.3 Å². The van der Waals surface area contributed by atoms with E-state index in [1.165, 1.54) is 11.6 Å².